The molecule has 4 rings (SSSR count). The predicted octanol–water partition coefficient (Wildman–Crippen LogP) is 4.41. The van der Waals surface area contributed by atoms with Crippen LogP contribution >= 0.6 is 0 Å². The standard InChI is InChI=1S/C27H32N2O5/c1-2-24(26(32)29-15-13-18(14-16-29)11-12-25(30)31)28-27(33)34-17-23-21-9-5-3-7-19(21)20-8-4-6-10-22(20)23/h3-10,18,23-24H,2,11-17H2,1H3,(H,28,33)(H,30,31). The first-order valence-electron chi connectivity index (χ1n) is 12.1. The summed E-state index contributed by atoms with van der Waals surface area (Å²) in [5.74, 6) is -0.585. The van der Waals surface area contributed by atoms with E-state index in [1.165, 1.54) is 11.1 Å². The minimum absolute atomic E-state index is 0.0289. The third kappa shape index (κ3) is 5.24. The molecule has 2 aromatic carbocycles. The van der Waals surface area contributed by atoms with Crippen LogP contribution in [-0.2, 0) is 14.3 Å². The average Bonchev–Trinajstić information content (AvgIpc) is 3.18. The number of ether oxygens (including phenoxy) is 1. The van der Waals surface area contributed by atoms with Crippen LogP contribution in [0.1, 0.15) is 56.1 Å². The van der Waals surface area contributed by atoms with E-state index in [0.29, 0.717) is 31.8 Å². The van der Waals surface area contributed by atoms with Gasteiger partial charge in [-0.05, 0) is 53.9 Å². The fourth-order valence-corrected chi connectivity index (χ4v) is 5.11. The van der Waals surface area contributed by atoms with Gasteiger partial charge in [0.05, 0.1) is 0 Å². The summed E-state index contributed by atoms with van der Waals surface area (Å²) < 4.78 is 5.60. The van der Waals surface area contributed by atoms with E-state index in [0.717, 1.165) is 24.0 Å². The summed E-state index contributed by atoms with van der Waals surface area (Å²) in [6, 6.07) is 15.7. The molecule has 1 heterocycles. The number of carbonyl (C=O) groups is 3. The number of benzene rings is 2. The number of rotatable bonds is 8. The summed E-state index contributed by atoms with van der Waals surface area (Å²) in [4.78, 5) is 38.2. The molecule has 2 amide bonds. The van der Waals surface area contributed by atoms with Crippen LogP contribution in [0.15, 0.2) is 48.5 Å². The van der Waals surface area contributed by atoms with Crippen LogP contribution in [-0.4, -0.2) is 53.7 Å². The van der Waals surface area contributed by atoms with Crippen molar-refractivity contribution in [1.29, 1.82) is 0 Å². The molecule has 0 bridgehead atoms. The first-order chi connectivity index (χ1) is 16.5. The molecule has 2 aliphatic rings. The lowest BCUT2D eigenvalue weighted by molar-refractivity contribution is -0.138. The number of hydrogen-bond donors (Lipinski definition) is 2. The van der Waals surface area contributed by atoms with Crippen LogP contribution in [0.2, 0.25) is 0 Å². The number of carboxylic acids is 1. The van der Waals surface area contributed by atoms with Crippen LogP contribution in [0.5, 0.6) is 0 Å². The van der Waals surface area contributed by atoms with Gasteiger partial charge in [0.25, 0.3) is 0 Å². The van der Waals surface area contributed by atoms with Gasteiger partial charge in [0.2, 0.25) is 5.91 Å². The normalized spacial score (nSPS) is 16.4. The third-order valence-corrected chi connectivity index (χ3v) is 7.03. The lowest BCUT2D eigenvalue weighted by Gasteiger charge is -2.34. The minimum atomic E-state index is -0.781. The molecule has 1 saturated heterocycles. The molecule has 0 radical (unpaired) electrons. The van der Waals surface area contributed by atoms with E-state index in [4.69, 9.17) is 9.84 Å². The Morgan fingerprint density at radius 3 is 2.18 bits per heavy atom. The van der Waals surface area contributed by atoms with Gasteiger partial charge in [0.1, 0.15) is 12.6 Å². The number of amides is 2. The quantitative estimate of drug-likeness (QED) is 0.603. The van der Waals surface area contributed by atoms with E-state index < -0.39 is 18.1 Å². The number of carboxylic acid groups (broad SMARTS) is 1. The summed E-state index contributed by atoms with van der Waals surface area (Å²) in [7, 11) is 0. The minimum Gasteiger partial charge on any atom is -0.481 e. The molecule has 2 aromatic rings. The van der Waals surface area contributed by atoms with Crippen molar-refractivity contribution in [1.82, 2.24) is 10.2 Å². The van der Waals surface area contributed by atoms with Crippen molar-refractivity contribution in [3.63, 3.8) is 0 Å². The molecule has 180 valence electrons. The molecule has 7 nitrogen and oxygen atoms in total. The monoisotopic (exact) mass is 464 g/mol. The Morgan fingerprint density at radius 1 is 1.03 bits per heavy atom. The van der Waals surface area contributed by atoms with Crippen molar-refractivity contribution in [2.75, 3.05) is 19.7 Å². The van der Waals surface area contributed by atoms with E-state index in [-0.39, 0.29) is 24.9 Å². The number of piperidine rings is 1. The number of carbonyl (C=O) groups excluding carboxylic acids is 2. The Balaban J connectivity index is 1.30. The maximum absolute atomic E-state index is 13.0. The smallest absolute Gasteiger partial charge is 0.407 e. The van der Waals surface area contributed by atoms with Gasteiger partial charge in [0, 0.05) is 25.4 Å². The van der Waals surface area contributed by atoms with Crippen molar-refractivity contribution in [2.45, 2.75) is 51.0 Å². The summed E-state index contributed by atoms with van der Waals surface area (Å²) in [5, 5.41) is 11.6. The predicted molar refractivity (Wildman–Crippen MR) is 128 cm³/mol. The number of fused-ring (bicyclic) bond motifs is 3. The number of hydrogen-bond acceptors (Lipinski definition) is 4. The zero-order valence-corrected chi connectivity index (χ0v) is 19.5. The number of alkyl carbamates (subject to hydrolysis) is 1. The molecule has 1 aliphatic carbocycles. The molecule has 1 aliphatic heterocycles. The highest BCUT2D eigenvalue weighted by atomic mass is 16.5. The zero-order valence-electron chi connectivity index (χ0n) is 19.5. The van der Waals surface area contributed by atoms with Gasteiger partial charge in [-0.1, -0.05) is 55.5 Å². The maximum atomic E-state index is 13.0. The molecular formula is C27H32N2O5. The molecular weight excluding hydrogens is 432 g/mol. The molecule has 0 spiro atoms. The molecule has 7 heteroatoms. The lowest BCUT2D eigenvalue weighted by Crippen LogP contribution is -2.50. The molecule has 2 N–H and O–H groups in total. The highest BCUT2D eigenvalue weighted by Crippen LogP contribution is 2.44. The summed E-state index contributed by atoms with van der Waals surface area (Å²) in [5.41, 5.74) is 4.62. The lowest BCUT2D eigenvalue weighted by atomic mass is 9.92. The SMILES string of the molecule is CCC(NC(=O)OCC1c2ccccc2-c2ccccc21)C(=O)N1CCC(CCC(=O)O)CC1. The van der Waals surface area contributed by atoms with E-state index in [2.05, 4.69) is 29.6 Å². The van der Waals surface area contributed by atoms with Gasteiger partial charge in [0.15, 0.2) is 0 Å². The second-order valence-corrected chi connectivity index (χ2v) is 9.13. The summed E-state index contributed by atoms with van der Waals surface area (Å²) >= 11 is 0. The van der Waals surface area contributed by atoms with Gasteiger partial charge in [-0.15, -0.1) is 0 Å². The second kappa shape index (κ2) is 10.7. The fraction of sp³-hybridized carbons (Fsp3) is 0.444. The van der Waals surface area contributed by atoms with E-state index in [1.54, 1.807) is 4.90 Å². The van der Waals surface area contributed by atoms with Crippen molar-refractivity contribution < 1.29 is 24.2 Å². The fourth-order valence-electron chi connectivity index (χ4n) is 5.11. The van der Waals surface area contributed by atoms with Crippen molar-refractivity contribution in [3.05, 3.63) is 59.7 Å². The Bertz CT molecular complexity index is 999. The van der Waals surface area contributed by atoms with Crippen LogP contribution in [0.4, 0.5) is 4.79 Å². The topological polar surface area (TPSA) is 95.9 Å². The maximum Gasteiger partial charge on any atom is 0.407 e. The molecule has 1 unspecified atom stereocenters. The molecule has 0 saturated carbocycles. The van der Waals surface area contributed by atoms with Crippen molar-refractivity contribution in [2.24, 2.45) is 5.92 Å². The summed E-state index contributed by atoms with van der Waals surface area (Å²) in [6.07, 6.45) is 2.29. The first-order valence-corrected chi connectivity index (χ1v) is 12.1. The van der Waals surface area contributed by atoms with E-state index in [1.807, 2.05) is 31.2 Å². The van der Waals surface area contributed by atoms with Crippen LogP contribution in [0.25, 0.3) is 11.1 Å². The van der Waals surface area contributed by atoms with Crippen LogP contribution in [0, 0.1) is 5.92 Å². The van der Waals surface area contributed by atoms with E-state index in [9.17, 15) is 14.4 Å². The highest BCUT2D eigenvalue weighted by Gasteiger charge is 2.31. The summed E-state index contributed by atoms with van der Waals surface area (Å²) in [6.45, 7) is 3.25. The zero-order chi connectivity index (χ0) is 24.1. The molecule has 1 fully saturated rings. The van der Waals surface area contributed by atoms with Gasteiger partial charge in [-0.25, -0.2) is 4.79 Å². The Kier molecular flexibility index (Phi) is 7.50. The highest BCUT2D eigenvalue weighted by molar-refractivity contribution is 5.86. The van der Waals surface area contributed by atoms with Gasteiger partial charge >= 0.3 is 12.1 Å². The second-order valence-electron chi connectivity index (χ2n) is 9.13. The first kappa shape index (κ1) is 23.8. The largest absolute Gasteiger partial charge is 0.481 e. The Hall–Kier alpha value is -3.35. The van der Waals surface area contributed by atoms with E-state index >= 15 is 0 Å². The number of aliphatic carboxylic acids is 1. The van der Waals surface area contributed by atoms with Gasteiger partial charge in [-0.3, -0.25) is 9.59 Å². The van der Waals surface area contributed by atoms with Gasteiger partial charge in [-0.2, -0.15) is 0 Å². The molecule has 0 aromatic heterocycles. The Labute approximate surface area is 200 Å². The van der Waals surface area contributed by atoms with Crippen molar-refractivity contribution >= 4 is 18.0 Å². The van der Waals surface area contributed by atoms with Gasteiger partial charge < -0.3 is 20.1 Å². The third-order valence-electron chi connectivity index (χ3n) is 7.03. The van der Waals surface area contributed by atoms with Crippen molar-refractivity contribution in [3.8, 4) is 11.1 Å². The molecule has 34 heavy (non-hydrogen) atoms. The van der Waals surface area contributed by atoms with Crippen LogP contribution in [0.3, 0.4) is 0 Å². The Morgan fingerprint density at radius 2 is 1.62 bits per heavy atom. The molecule has 1 atom stereocenters. The number of likely N-dealkylation sites (tertiary alicyclic amines) is 1. The van der Waals surface area contributed by atoms with Crippen LogP contribution < -0.4 is 5.32 Å². The number of nitrogens with one attached hydrogen (secondary N) is 1. The number of nitrogens with zero attached hydrogens (tertiary/aromatic N) is 1. The average molecular weight is 465 g/mol.